The molecule has 0 radical (unpaired) electrons. The van der Waals surface area contributed by atoms with Gasteiger partial charge in [0.05, 0.1) is 41.7 Å². The predicted octanol–water partition coefficient (Wildman–Crippen LogP) is 3.52. The molecule has 152 valence electrons. The molecule has 0 aliphatic heterocycles. The number of carbonyl (C=O) groups is 1. The van der Waals surface area contributed by atoms with Crippen LogP contribution in [0, 0.1) is 0 Å². The van der Waals surface area contributed by atoms with Crippen molar-refractivity contribution in [3.63, 3.8) is 0 Å². The van der Waals surface area contributed by atoms with Crippen LogP contribution in [0.25, 0.3) is 5.65 Å². The Kier molecular flexibility index (Phi) is 5.24. The molecule has 30 heavy (non-hydrogen) atoms. The van der Waals surface area contributed by atoms with E-state index in [9.17, 15) is 13.2 Å². The van der Waals surface area contributed by atoms with Gasteiger partial charge in [0.15, 0.2) is 0 Å². The van der Waals surface area contributed by atoms with Crippen molar-refractivity contribution in [2.45, 2.75) is 11.4 Å². The Morgan fingerprint density at radius 2 is 1.70 bits per heavy atom. The first-order valence-corrected chi connectivity index (χ1v) is 10.6. The highest BCUT2D eigenvalue weighted by Crippen LogP contribution is 2.26. The number of nitrogens with zero attached hydrogens (tertiary/aromatic N) is 3. The lowest BCUT2D eigenvalue weighted by Crippen LogP contribution is -2.31. The number of ether oxygens (including phenoxy) is 1. The molecular formula is C22H19N3O4S. The maximum Gasteiger partial charge on any atom is 0.337 e. The number of sulfonamides is 1. The van der Waals surface area contributed by atoms with Crippen molar-refractivity contribution in [1.82, 2.24) is 9.38 Å². The molecule has 4 rings (SSSR count). The molecule has 0 saturated carbocycles. The fourth-order valence-corrected chi connectivity index (χ4v) is 4.60. The van der Waals surface area contributed by atoms with Gasteiger partial charge < -0.3 is 9.14 Å². The molecule has 0 spiro atoms. The Morgan fingerprint density at radius 1 is 1.00 bits per heavy atom. The normalized spacial score (nSPS) is 11.4. The minimum absolute atomic E-state index is 0.0767. The summed E-state index contributed by atoms with van der Waals surface area (Å²) in [6, 6.07) is 20.2. The van der Waals surface area contributed by atoms with Gasteiger partial charge in [0, 0.05) is 6.20 Å². The predicted molar refractivity (Wildman–Crippen MR) is 113 cm³/mol. The molecule has 2 heterocycles. The molecular weight excluding hydrogens is 402 g/mol. The average Bonchev–Trinajstić information content (AvgIpc) is 3.20. The van der Waals surface area contributed by atoms with Crippen LogP contribution in [0.3, 0.4) is 0 Å². The number of imidazole rings is 1. The van der Waals surface area contributed by atoms with Gasteiger partial charge in [-0.05, 0) is 48.5 Å². The Balaban J connectivity index is 1.76. The van der Waals surface area contributed by atoms with Crippen molar-refractivity contribution in [3.8, 4) is 0 Å². The molecule has 0 aliphatic rings. The van der Waals surface area contributed by atoms with E-state index < -0.39 is 16.0 Å². The Morgan fingerprint density at radius 3 is 2.40 bits per heavy atom. The summed E-state index contributed by atoms with van der Waals surface area (Å²) < 4.78 is 34.9. The summed E-state index contributed by atoms with van der Waals surface area (Å²) >= 11 is 0. The average molecular weight is 421 g/mol. The van der Waals surface area contributed by atoms with Gasteiger partial charge in [0.25, 0.3) is 10.0 Å². The molecule has 0 atom stereocenters. The zero-order valence-electron chi connectivity index (χ0n) is 16.2. The second kappa shape index (κ2) is 8.00. The van der Waals surface area contributed by atoms with E-state index in [0.717, 1.165) is 11.3 Å². The van der Waals surface area contributed by atoms with Crippen molar-refractivity contribution < 1.29 is 17.9 Å². The van der Waals surface area contributed by atoms with Gasteiger partial charge >= 0.3 is 5.97 Å². The summed E-state index contributed by atoms with van der Waals surface area (Å²) in [5, 5.41) is 0. The fourth-order valence-electron chi connectivity index (χ4n) is 3.17. The third kappa shape index (κ3) is 3.65. The molecule has 0 aliphatic carbocycles. The summed E-state index contributed by atoms with van der Waals surface area (Å²) in [5.74, 6) is -0.524. The summed E-state index contributed by atoms with van der Waals surface area (Å²) in [6.07, 6.45) is 3.51. The number of para-hydroxylation sites is 1. The molecule has 8 heteroatoms. The Bertz CT molecular complexity index is 1280. The second-order valence-electron chi connectivity index (χ2n) is 6.54. The first-order chi connectivity index (χ1) is 14.5. The van der Waals surface area contributed by atoms with Gasteiger partial charge in [-0.15, -0.1) is 0 Å². The first kappa shape index (κ1) is 19.7. The van der Waals surface area contributed by atoms with Crippen LogP contribution in [0.1, 0.15) is 16.1 Å². The minimum Gasteiger partial charge on any atom is -0.465 e. The number of hydrogen-bond donors (Lipinski definition) is 0. The number of esters is 1. The van der Waals surface area contributed by atoms with E-state index in [2.05, 4.69) is 9.72 Å². The van der Waals surface area contributed by atoms with E-state index in [1.807, 2.05) is 34.9 Å². The zero-order chi connectivity index (χ0) is 21.1. The quantitative estimate of drug-likeness (QED) is 0.445. The first-order valence-electron chi connectivity index (χ1n) is 9.18. The highest BCUT2D eigenvalue weighted by Gasteiger charge is 2.26. The van der Waals surface area contributed by atoms with Crippen LogP contribution in [0.4, 0.5) is 5.69 Å². The largest absolute Gasteiger partial charge is 0.465 e. The number of rotatable bonds is 6. The molecule has 2 aromatic carbocycles. The van der Waals surface area contributed by atoms with Gasteiger partial charge in [-0.3, -0.25) is 4.31 Å². The van der Waals surface area contributed by atoms with E-state index >= 15 is 0 Å². The van der Waals surface area contributed by atoms with Crippen LogP contribution in [-0.2, 0) is 21.3 Å². The minimum atomic E-state index is -3.91. The lowest BCUT2D eigenvalue weighted by Gasteiger charge is -2.24. The Labute approximate surface area is 174 Å². The Hall–Kier alpha value is -3.65. The number of hydrogen-bond acceptors (Lipinski definition) is 5. The monoisotopic (exact) mass is 421 g/mol. The SMILES string of the molecule is COC(=O)c1ccc(S(=O)(=O)N(Cc2cnc3ccccn23)c2ccccc2)cc1. The number of pyridine rings is 1. The van der Waals surface area contributed by atoms with E-state index in [1.54, 1.807) is 30.5 Å². The van der Waals surface area contributed by atoms with E-state index in [-0.39, 0.29) is 17.0 Å². The number of methoxy groups -OCH3 is 1. The van der Waals surface area contributed by atoms with Gasteiger partial charge in [0.1, 0.15) is 5.65 Å². The van der Waals surface area contributed by atoms with Gasteiger partial charge in [-0.25, -0.2) is 18.2 Å². The summed E-state index contributed by atoms with van der Waals surface area (Å²) in [6.45, 7) is 0.0935. The summed E-state index contributed by atoms with van der Waals surface area (Å²) in [5.41, 5.74) is 2.27. The second-order valence-corrected chi connectivity index (χ2v) is 8.40. The number of anilines is 1. The number of fused-ring (bicyclic) bond motifs is 1. The molecule has 7 nitrogen and oxygen atoms in total. The molecule has 0 bridgehead atoms. The van der Waals surface area contributed by atoms with Crippen LogP contribution in [-0.4, -0.2) is 30.9 Å². The van der Waals surface area contributed by atoms with Gasteiger partial charge in [-0.2, -0.15) is 0 Å². The van der Waals surface area contributed by atoms with Crippen LogP contribution in [0.15, 0.2) is 90.1 Å². The van der Waals surface area contributed by atoms with Gasteiger partial charge in [0.2, 0.25) is 0 Å². The standard InChI is InChI=1S/C22H19N3O4S/c1-29-22(26)17-10-12-20(13-11-17)30(27,28)25(18-7-3-2-4-8-18)16-19-15-23-21-9-5-6-14-24(19)21/h2-15H,16H2,1H3. The van der Waals surface area contributed by atoms with Crippen molar-refractivity contribution >= 4 is 27.3 Å². The van der Waals surface area contributed by atoms with Gasteiger partial charge in [-0.1, -0.05) is 24.3 Å². The van der Waals surface area contributed by atoms with Crippen molar-refractivity contribution in [1.29, 1.82) is 0 Å². The maximum atomic E-state index is 13.5. The molecule has 4 aromatic rings. The van der Waals surface area contributed by atoms with Crippen LogP contribution in [0.2, 0.25) is 0 Å². The summed E-state index contributed by atoms with van der Waals surface area (Å²) in [4.78, 5) is 16.1. The molecule has 0 saturated heterocycles. The van der Waals surface area contributed by atoms with E-state index in [1.165, 1.54) is 35.7 Å². The van der Waals surface area contributed by atoms with E-state index in [4.69, 9.17) is 0 Å². The molecule has 0 unspecified atom stereocenters. The van der Waals surface area contributed by atoms with Crippen molar-refractivity contribution in [2.75, 3.05) is 11.4 Å². The number of carbonyl (C=O) groups excluding carboxylic acids is 1. The van der Waals surface area contributed by atoms with Crippen LogP contribution < -0.4 is 4.31 Å². The van der Waals surface area contributed by atoms with E-state index in [0.29, 0.717) is 5.69 Å². The fraction of sp³-hybridized carbons (Fsp3) is 0.0909. The maximum absolute atomic E-state index is 13.5. The lowest BCUT2D eigenvalue weighted by molar-refractivity contribution is 0.0600. The molecule has 0 fully saturated rings. The molecule has 0 amide bonds. The topological polar surface area (TPSA) is 81.0 Å². The highest BCUT2D eigenvalue weighted by atomic mass is 32.2. The lowest BCUT2D eigenvalue weighted by atomic mass is 10.2. The molecule has 2 aromatic heterocycles. The molecule has 0 N–H and O–H groups in total. The highest BCUT2D eigenvalue weighted by molar-refractivity contribution is 7.92. The smallest absolute Gasteiger partial charge is 0.337 e. The third-order valence-electron chi connectivity index (χ3n) is 4.71. The van der Waals surface area contributed by atoms with Crippen LogP contribution >= 0.6 is 0 Å². The van der Waals surface area contributed by atoms with Crippen LogP contribution in [0.5, 0.6) is 0 Å². The summed E-state index contributed by atoms with van der Waals surface area (Å²) in [7, 11) is -2.63. The number of benzene rings is 2. The van der Waals surface area contributed by atoms with Crippen molar-refractivity contribution in [2.24, 2.45) is 0 Å². The third-order valence-corrected chi connectivity index (χ3v) is 6.49. The van der Waals surface area contributed by atoms with Crippen molar-refractivity contribution in [3.05, 3.63) is 96.4 Å². The number of aromatic nitrogens is 2. The zero-order valence-corrected chi connectivity index (χ0v) is 17.0.